The molecule has 110 valence electrons. The Balaban J connectivity index is 2.72. The minimum atomic E-state index is -1.33. The summed E-state index contributed by atoms with van der Waals surface area (Å²) in [6.45, 7) is 5.47. The first-order valence-corrected chi connectivity index (χ1v) is 6.28. The van der Waals surface area contributed by atoms with Crippen LogP contribution in [0.1, 0.15) is 31.9 Å². The molecule has 3 nitrogen and oxygen atoms in total. The number of benzene rings is 1. The lowest BCUT2D eigenvalue weighted by Crippen LogP contribution is -2.17. The molecule has 0 fully saturated rings. The molecule has 1 heterocycles. The summed E-state index contributed by atoms with van der Waals surface area (Å²) in [6.07, 6.45) is 0.113. The summed E-state index contributed by atoms with van der Waals surface area (Å²) in [6, 6.07) is 0. The molecule has 0 saturated carbocycles. The number of hydrogen-bond acceptors (Lipinski definition) is 3. The van der Waals surface area contributed by atoms with Crippen LogP contribution in [0.3, 0.4) is 0 Å². The summed E-state index contributed by atoms with van der Waals surface area (Å²) in [7, 11) is 1.08. The molecule has 0 atom stereocenters. The van der Waals surface area contributed by atoms with Gasteiger partial charge in [-0.05, 0) is 20.3 Å². The summed E-state index contributed by atoms with van der Waals surface area (Å²) in [5.74, 6) is -4.22. The lowest BCUT2D eigenvalue weighted by atomic mass is 10.0. The van der Waals surface area contributed by atoms with Gasteiger partial charge in [0.05, 0.1) is 18.2 Å². The number of aliphatic imine (C=N–C) groups is 1. The van der Waals surface area contributed by atoms with E-state index in [2.05, 4.69) is 9.73 Å². The van der Waals surface area contributed by atoms with E-state index in [4.69, 9.17) is 4.74 Å². The molecule has 1 aromatic carbocycles. The predicted molar refractivity (Wildman–Crippen MR) is 68.8 cm³/mol. The van der Waals surface area contributed by atoms with Crippen molar-refractivity contribution in [2.75, 3.05) is 13.7 Å². The van der Waals surface area contributed by atoms with E-state index in [0.717, 1.165) is 7.11 Å². The molecule has 0 unspecified atom stereocenters. The molecule has 1 aliphatic rings. The van der Waals surface area contributed by atoms with Crippen molar-refractivity contribution in [2.24, 2.45) is 4.99 Å². The molecule has 1 aliphatic heterocycles. The van der Waals surface area contributed by atoms with Crippen LogP contribution < -0.4 is 4.74 Å². The number of ether oxygens (including phenoxy) is 2. The molecule has 0 aliphatic carbocycles. The molecule has 1 aromatic rings. The highest BCUT2D eigenvalue weighted by Crippen LogP contribution is 2.33. The Bertz CT molecular complexity index is 583. The highest BCUT2D eigenvalue weighted by Gasteiger charge is 2.34. The summed E-state index contributed by atoms with van der Waals surface area (Å²) < 4.78 is 52.0. The zero-order chi connectivity index (χ0) is 15.1. The van der Waals surface area contributed by atoms with Gasteiger partial charge in [-0.2, -0.15) is 4.39 Å². The van der Waals surface area contributed by atoms with Crippen LogP contribution in [0.4, 0.5) is 13.2 Å². The predicted octanol–water partition coefficient (Wildman–Crippen LogP) is 3.23. The molecule has 0 spiro atoms. The minimum absolute atomic E-state index is 0.0125. The van der Waals surface area contributed by atoms with Crippen LogP contribution in [0.15, 0.2) is 4.99 Å². The topological polar surface area (TPSA) is 30.8 Å². The number of hydrogen-bond donors (Lipinski definition) is 0. The third-order valence-corrected chi connectivity index (χ3v) is 3.12. The maximum absolute atomic E-state index is 14.4. The van der Waals surface area contributed by atoms with Gasteiger partial charge in [0.25, 0.3) is 0 Å². The highest BCUT2D eigenvalue weighted by molar-refractivity contribution is 5.97. The van der Waals surface area contributed by atoms with Crippen molar-refractivity contribution >= 4 is 5.90 Å². The van der Waals surface area contributed by atoms with Gasteiger partial charge >= 0.3 is 0 Å². The van der Waals surface area contributed by atoms with Crippen LogP contribution in [0.25, 0.3) is 0 Å². The van der Waals surface area contributed by atoms with E-state index in [0.29, 0.717) is 0 Å². The van der Waals surface area contributed by atoms with Crippen LogP contribution in [0, 0.1) is 17.5 Å². The zero-order valence-corrected chi connectivity index (χ0v) is 11.8. The average Bonchev–Trinajstić information content (AvgIpc) is 2.74. The largest absolute Gasteiger partial charge is 0.491 e. The molecular formula is C14H16F3NO2. The third-order valence-electron chi connectivity index (χ3n) is 3.12. The second-order valence-electron chi connectivity index (χ2n) is 5.20. The van der Waals surface area contributed by atoms with E-state index in [1.54, 1.807) is 20.8 Å². The van der Waals surface area contributed by atoms with Crippen molar-refractivity contribution in [3.8, 4) is 5.75 Å². The van der Waals surface area contributed by atoms with Gasteiger partial charge in [-0.3, -0.25) is 0 Å². The number of rotatable bonds is 3. The first kappa shape index (κ1) is 14.7. The summed E-state index contributed by atoms with van der Waals surface area (Å²) >= 11 is 0. The van der Waals surface area contributed by atoms with Crippen LogP contribution >= 0.6 is 0 Å². The molecular weight excluding hydrogens is 271 g/mol. The van der Waals surface area contributed by atoms with E-state index in [9.17, 15) is 13.2 Å². The summed E-state index contributed by atoms with van der Waals surface area (Å²) in [5, 5.41) is 0. The van der Waals surface area contributed by atoms with Crippen LogP contribution in [-0.2, 0) is 11.2 Å². The van der Waals surface area contributed by atoms with Crippen molar-refractivity contribution in [1.29, 1.82) is 0 Å². The van der Waals surface area contributed by atoms with Crippen LogP contribution in [0.5, 0.6) is 5.75 Å². The van der Waals surface area contributed by atoms with E-state index in [1.807, 2.05) is 0 Å². The standard InChI is InChI=1S/C14H16F3NO2/c1-5-7-8(13-18-14(2,3)6-20-13)10(16)12(19-4)11(17)9(7)15/h5-6H2,1-4H3. The molecule has 0 amide bonds. The van der Waals surface area contributed by atoms with Gasteiger partial charge in [-0.1, -0.05) is 6.92 Å². The normalized spacial score (nSPS) is 16.9. The molecule has 0 aromatic heterocycles. The van der Waals surface area contributed by atoms with Crippen LogP contribution in [0.2, 0.25) is 0 Å². The third kappa shape index (κ3) is 2.23. The van der Waals surface area contributed by atoms with Gasteiger partial charge in [0.1, 0.15) is 6.61 Å². The summed E-state index contributed by atoms with van der Waals surface area (Å²) in [4.78, 5) is 4.22. The molecule has 0 bridgehead atoms. The van der Waals surface area contributed by atoms with Gasteiger partial charge < -0.3 is 9.47 Å². The Hall–Kier alpha value is -1.72. The molecule has 0 saturated heterocycles. The van der Waals surface area contributed by atoms with Crippen molar-refractivity contribution in [1.82, 2.24) is 0 Å². The molecule has 6 heteroatoms. The fourth-order valence-corrected chi connectivity index (χ4v) is 2.13. The van der Waals surface area contributed by atoms with Crippen molar-refractivity contribution in [3.05, 3.63) is 28.6 Å². The molecule has 0 N–H and O–H groups in total. The quantitative estimate of drug-likeness (QED) is 0.799. The number of halogens is 3. The fourth-order valence-electron chi connectivity index (χ4n) is 2.13. The second-order valence-corrected chi connectivity index (χ2v) is 5.20. The second kappa shape index (κ2) is 5.00. The smallest absolute Gasteiger partial charge is 0.220 e. The Kier molecular flexibility index (Phi) is 3.67. The van der Waals surface area contributed by atoms with Gasteiger partial charge in [-0.15, -0.1) is 0 Å². The first-order valence-electron chi connectivity index (χ1n) is 6.28. The minimum Gasteiger partial charge on any atom is -0.491 e. The van der Waals surface area contributed by atoms with Gasteiger partial charge in [-0.25, -0.2) is 13.8 Å². The highest BCUT2D eigenvalue weighted by atomic mass is 19.2. The van der Waals surface area contributed by atoms with Crippen molar-refractivity contribution in [3.63, 3.8) is 0 Å². The molecule has 0 radical (unpaired) electrons. The Morgan fingerprint density at radius 2 is 1.85 bits per heavy atom. The average molecular weight is 287 g/mol. The zero-order valence-electron chi connectivity index (χ0n) is 11.8. The SMILES string of the molecule is CCc1c(F)c(F)c(OC)c(F)c1C1=NC(C)(C)CO1. The maximum Gasteiger partial charge on any atom is 0.220 e. The van der Waals surface area contributed by atoms with Gasteiger partial charge in [0.2, 0.25) is 11.7 Å². The van der Waals surface area contributed by atoms with E-state index in [1.165, 1.54) is 0 Å². The lowest BCUT2D eigenvalue weighted by molar-refractivity contribution is 0.277. The fraction of sp³-hybridized carbons (Fsp3) is 0.500. The van der Waals surface area contributed by atoms with E-state index in [-0.39, 0.29) is 30.1 Å². The monoisotopic (exact) mass is 287 g/mol. The molecule has 20 heavy (non-hydrogen) atoms. The van der Waals surface area contributed by atoms with Crippen molar-refractivity contribution in [2.45, 2.75) is 32.7 Å². The Labute approximate surface area is 115 Å². The Morgan fingerprint density at radius 3 is 2.30 bits per heavy atom. The van der Waals surface area contributed by atoms with Crippen LogP contribution in [-0.4, -0.2) is 25.2 Å². The van der Waals surface area contributed by atoms with E-state index < -0.39 is 28.7 Å². The maximum atomic E-state index is 14.4. The summed E-state index contributed by atoms with van der Waals surface area (Å²) in [5.41, 5.74) is -0.781. The first-order chi connectivity index (χ1) is 9.32. The Morgan fingerprint density at radius 1 is 1.20 bits per heavy atom. The van der Waals surface area contributed by atoms with Gasteiger partial charge in [0.15, 0.2) is 17.4 Å². The number of methoxy groups -OCH3 is 1. The van der Waals surface area contributed by atoms with E-state index >= 15 is 0 Å². The van der Waals surface area contributed by atoms with Crippen molar-refractivity contribution < 1.29 is 22.6 Å². The number of nitrogens with zero attached hydrogens (tertiary/aromatic N) is 1. The van der Waals surface area contributed by atoms with Gasteiger partial charge in [0, 0.05) is 5.56 Å². The molecule has 2 rings (SSSR count). The lowest BCUT2D eigenvalue weighted by Gasteiger charge is -2.14.